The topological polar surface area (TPSA) is 53.0 Å². The minimum Gasteiger partial charge on any atom is -0.496 e. The van der Waals surface area contributed by atoms with Gasteiger partial charge in [-0.15, -0.1) is 0 Å². The van der Waals surface area contributed by atoms with Crippen molar-refractivity contribution in [1.29, 1.82) is 0 Å². The van der Waals surface area contributed by atoms with Crippen molar-refractivity contribution in [2.24, 2.45) is 0 Å². The summed E-state index contributed by atoms with van der Waals surface area (Å²) in [5.74, 6) is 0.218. The maximum Gasteiger partial charge on any atom is 0.304 e. The van der Waals surface area contributed by atoms with Gasteiger partial charge in [0.1, 0.15) is 5.75 Å². The van der Waals surface area contributed by atoms with Gasteiger partial charge in [0.05, 0.1) is 13.5 Å². The van der Waals surface area contributed by atoms with Crippen LogP contribution in [0.15, 0.2) is 18.2 Å². The van der Waals surface area contributed by atoms with E-state index in [4.69, 9.17) is 9.84 Å². The lowest BCUT2D eigenvalue weighted by Gasteiger charge is -2.34. The number of hydrogen-bond acceptors (Lipinski definition) is 4. The number of piperazine rings is 1. The van der Waals surface area contributed by atoms with Crippen LogP contribution in [0.4, 0.5) is 0 Å². The van der Waals surface area contributed by atoms with Crippen LogP contribution in [0.1, 0.15) is 17.5 Å². The van der Waals surface area contributed by atoms with E-state index in [9.17, 15) is 4.79 Å². The maximum atomic E-state index is 10.6. The number of nitrogens with zero attached hydrogens (tertiary/aromatic N) is 2. The van der Waals surface area contributed by atoms with E-state index < -0.39 is 5.97 Å². The largest absolute Gasteiger partial charge is 0.496 e. The molecule has 0 spiro atoms. The summed E-state index contributed by atoms with van der Waals surface area (Å²) >= 11 is 0. The fourth-order valence-electron chi connectivity index (χ4n) is 2.70. The third kappa shape index (κ3) is 4.72. The number of carbonyl (C=O) groups is 1. The van der Waals surface area contributed by atoms with Gasteiger partial charge in [0.25, 0.3) is 0 Å². The summed E-state index contributed by atoms with van der Waals surface area (Å²) in [5, 5.41) is 8.72. The number of benzene rings is 1. The molecule has 1 aromatic rings. The van der Waals surface area contributed by atoms with Crippen LogP contribution >= 0.6 is 0 Å². The van der Waals surface area contributed by atoms with Gasteiger partial charge < -0.3 is 14.7 Å². The average molecular weight is 292 g/mol. The summed E-state index contributed by atoms with van der Waals surface area (Å²) in [6.45, 7) is 7.43. The van der Waals surface area contributed by atoms with Crippen molar-refractivity contribution in [2.75, 3.05) is 39.8 Å². The molecule has 0 radical (unpaired) electrons. The van der Waals surface area contributed by atoms with Gasteiger partial charge in [0.15, 0.2) is 0 Å². The minimum atomic E-state index is -0.720. The van der Waals surface area contributed by atoms with Crippen molar-refractivity contribution in [1.82, 2.24) is 9.80 Å². The second kappa shape index (κ2) is 7.43. The highest BCUT2D eigenvalue weighted by Gasteiger charge is 2.18. The molecule has 0 aromatic heterocycles. The molecule has 0 saturated carbocycles. The molecule has 5 nitrogen and oxygen atoms in total. The SMILES string of the molecule is COc1ccc(C)cc1CN1CCN(CCC(=O)O)CC1. The molecular weight excluding hydrogens is 268 g/mol. The molecule has 1 aliphatic rings. The van der Waals surface area contributed by atoms with Crippen molar-refractivity contribution in [2.45, 2.75) is 19.9 Å². The molecule has 0 bridgehead atoms. The number of ether oxygens (including phenoxy) is 1. The van der Waals surface area contributed by atoms with E-state index in [0.717, 1.165) is 38.5 Å². The van der Waals surface area contributed by atoms with Crippen molar-refractivity contribution in [3.05, 3.63) is 29.3 Å². The van der Waals surface area contributed by atoms with E-state index in [1.54, 1.807) is 7.11 Å². The smallest absolute Gasteiger partial charge is 0.304 e. The number of carboxylic acid groups (broad SMARTS) is 1. The molecule has 1 saturated heterocycles. The first-order valence-electron chi connectivity index (χ1n) is 7.38. The Morgan fingerprint density at radius 3 is 2.52 bits per heavy atom. The van der Waals surface area contributed by atoms with Crippen LogP contribution in [0.3, 0.4) is 0 Å². The predicted molar refractivity (Wildman–Crippen MR) is 81.7 cm³/mol. The van der Waals surface area contributed by atoms with Crippen molar-refractivity contribution >= 4 is 5.97 Å². The second-order valence-electron chi connectivity index (χ2n) is 5.58. The molecule has 2 rings (SSSR count). The number of aliphatic carboxylic acids is 1. The van der Waals surface area contributed by atoms with Gasteiger partial charge >= 0.3 is 5.97 Å². The Hall–Kier alpha value is -1.59. The fraction of sp³-hybridized carbons (Fsp3) is 0.562. The van der Waals surface area contributed by atoms with E-state index >= 15 is 0 Å². The summed E-state index contributed by atoms with van der Waals surface area (Å²) in [7, 11) is 1.71. The van der Waals surface area contributed by atoms with Gasteiger partial charge in [-0.05, 0) is 13.0 Å². The summed E-state index contributed by atoms with van der Waals surface area (Å²) in [6.07, 6.45) is 0.228. The number of methoxy groups -OCH3 is 1. The Bertz CT molecular complexity index is 482. The molecule has 1 heterocycles. The van der Waals surface area contributed by atoms with Crippen LogP contribution in [-0.2, 0) is 11.3 Å². The molecule has 0 unspecified atom stereocenters. The second-order valence-corrected chi connectivity index (χ2v) is 5.58. The standard InChI is InChI=1S/C16H24N2O3/c1-13-3-4-15(21-2)14(11-13)12-18-9-7-17(8-10-18)6-5-16(19)20/h3-4,11H,5-10,12H2,1-2H3,(H,19,20). The first-order chi connectivity index (χ1) is 10.1. The molecule has 21 heavy (non-hydrogen) atoms. The van der Waals surface area contributed by atoms with Crippen molar-refractivity contribution in [3.63, 3.8) is 0 Å². The van der Waals surface area contributed by atoms with E-state index in [0.29, 0.717) is 6.54 Å². The number of aryl methyl sites for hydroxylation is 1. The van der Waals surface area contributed by atoms with E-state index in [2.05, 4.69) is 28.9 Å². The van der Waals surface area contributed by atoms with Crippen LogP contribution in [0, 0.1) is 6.92 Å². The Balaban J connectivity index is 1.86. The lowest BCUT2D eigenvalue weighted by atomic mass is 10.1. The van der Waals surface area contributed by atoms with Gasteiger partial charge in [0, 0.05) is 44.8 Å². The van der Waals surface area contributed by atoms with Crippen LogP contribution in [0.2, 0.25) is 0 Å². The summed E-state index contributed by atoms with van der Waals surface area (Å²) < 4.78 is 5.43. The molecule has 1 aliphatic heterocycles. The van der Waals surface area contributed by atoms with Gasteiger partial charge in [-0.25, -0.2) is 0 Å². The zero-order valence-electron chi connectivity index (χ0n) is 12.8. The van der Waals surface area contributed by atoms with Gasteiger partial charge in [-0.1, -0.05) is 17.7 Å². The van der Waals surface area contributed by atoms with Crippen molar-refractivity contribution in [3.8, 4) is 5.75 Å². The lowest BCUT2D eigenvalue weighted by molar-refractivity contribution is -0.137. The fourth-order valence-corrected chi connectivity index (χ4v) is 2.70. The number of carboxylic acids is 1. The third-order valence-electron chi connectivity index (χ3n) is 3.94. The van der Waals surface area contributed by atoms with E-state index in [1.807, 2.05) is 6.07 Å². The highest BCUT2D eigenvalue weighted by molar-refractivity contribution is 5.66. The Kier molecular flexibility index (Phi) is 5.59. The lowest BCUT2D eigenvalue weighted by Crippen LogP contribution is -2.46. The summed E-state index contributed by atoms with van der Waals surface area (Å²) in [4.78, 5) is 15.2. The van der Waals surface area contributed by atoms with Crippen molar-refractivity contribution < 1.29 is 14.6 Å². The number of rotatable bonds is 6. The van der Waals surface area contributed by atoms with E-state index in [1.165, 1.54) is 11.1 Å². The molecular formula is C16H24N2O3. The minimum absolute atomic E-state index is 0.228. The quantitative estimate of drug-likeness (QED) is 0.863. The molecule has 0 atom stereocenters. The Labute approximate surface area is 126 Å². The maximum absolute atomic E-state index is 10.6. The predicted octanol–water partition coefficient (Wildman–Crippen LogP) is 1.60. The molecule has 1 N–H and O–H groups in total. The average Bonchev–Trinajstić information content (AvgIpc) is 2.47. The molecule has 0 amide bonds. The molecule has 1 fully saturated rings. The molecule has 0 aliphatic carbocycles. The number of hydrogen-bond donors (Lipinski definition) is 1. The Morgan fingerprint density at radius 2 is 1.90 bits per heavy atom. The van der Waals surface area contributed by atoms with Gasteiger partial charge in [-0.2, -0.15) is 0 Å². The molecule has 116 valence electrons. The zero-order valence-corrected chi connectivity index (χ0v) is 12.8. The first-order valence-corrected chi connectivity index (χ1v) is 7.38. The van der Waals surface area contributed by atoms with E-state index in [-0.39, 0.29) is 6.42 Å². The third-order valence-corrected chi connectivity index (χ3v) is 3.94. The van der Waals surface area contributed by atoms with Crippen LogP contribution in [-0.4, -0.2) is 60.7 Å². The van der Waals surface area contributed by atoms with Crippen LogP contribution < -0.4 is 4.74 Å². The molecule has 5 heteroatoms. The highest BCUT2D eigenvalue weighted by Crippen LogP contribution is 2.21. The van der Waals surface area contributed by atoms with Gasteiger partial charge in [0.2, 0.25) is 0 Å². The highest BCUT2D eigenvalue weighted by atomic mass is 16.5. The summed E-state index contributed by atoms with van der Waals surface area (Å²) in [5.41, 5.74) is 2.46. The Morgan fingerprint density at radius 1 is 1.24 bits per heavy atom. The summed E-state index contributed by atoms with van der Waals surface area (Å²) in [6, 6.07) is 6.26. The van der Waals surface area contributed by atoms with Crippen LogP contribution in [0.25, 0.3) is 0 Å². The monoisotopic (exact) mass is 292 g/mol. The first kappa shape index (κ1) is 15.8. The van der Waals surface area contributed by atoms with Crippen LogP contribution in [0.5, 0.6) is 5.75 Å². The zero-order chi connectivity index (χ0) is 15.2. The normalized spacial score (nSPS) is 16.9. The van der Waals surface area contributed by atoms with Gasteiger partial charge in [-0.3, -0.25) is 9.69 Å². The molecule has 1 aromatic carbocycles.